The van der Waals surface area contributed by atoms with E-state index in [0.717, 1.165) is 17.2 Å². The topological polar surface area (TPSA) is 50.3 Å². The molecular formula is C9H16N2O2S2. The second kappa shape index (κ2) is 4.94. The fourth-order valence-electron chi connectivity index (χ4n) is 1.03. The van der Waals surface area contributed by atoms with Crippen molar-refractivity contribution in [3.05, 3.63) is 11.1 Å². The van der Waals surface area contributed by atoms with Gasteiger partial charge in [0.05, 0.1) is 11.4 Å². The van der Waals surface area contributed by atoms with Crippen molar-refractivity contribution >= 4 is 26.3 Å². The average Bonchev–Trinajstić information content (AvgIpc) is 2.61. The molecule has 0 amide bonds. The van der Waals surface area contributed by atoms with Crippen LogP contribution >= 0.6 is 11.3 Å². The zero-order valence-corrected chi connectivity index (χ0v) is 10.9. The normalized spacial score (nSPS) is 11.7. The van der Waals surface area contributed by atoms with Crippen LogP contribution in [0.2, 0.25) is 0 Å². The number of thiazole rings is 1. The average molecular weight is 248 g/mol. The molecule has 0 N–H and O–H groups in total. The summed E-state index contributed by atoms with van der Waals surface area (Å²) >= 11 is 1.55. The third-order valence-corrected chi connectivity index (χ3v) is 3.95. The van der Waals surface area contributed by atoms with Gasteiger partial charge < -0.3 is 4.90 Å². The van der Waals surface area contributed by atoms with E-state index in [2.05, 4.69) is 11.9 Å². The van der Waals surface area contributed by atoms with E-state index in [9.17, 15) is 8.42 Å². The molecule has 0 saturated heterocycles. The van der Waals surface area contributed by atoms with Crippen molar-refractivity contribution in [2.45, 2.75) is 13.3 Å². The van der Waals surface area contributed by atoms with Gasteiger partial charge in [-0.1, -0.05) is 6.92 Å². The lowest BCUT2D eigenvalue weighted by molar-refractivity contribution is 0.601. The Kier molecular flexibility index (Phi) is 4.10. The van der Waals surface area contributed by atoms with Gasteiger partial charge in [-0.25, -0.2) is 13.4 Å². The minimum absolute atomic E-state index is 0.171. The molecule has 0 bridgehead atoms. The fraction of sp³-hybridized carbons (Fsp3) is 0.667. The number of aryl methyl sites for hydroxylation is 1. The molecule has 0 aliphatic rings. The van der Waals surface area contributed by atoms with E-state index in [1.807, 2.05) is 17.3 Å². The van der Waals surface area contributed by atoms with Crippen molar-refractivity contribution in [2.24, 2.45) is 0 Å². The van der Waals surface area contributed by atoms with Crippen LogP contribution in [0.15, 0.2) is 5.38 Å². The predicted octanol–water partition coefficient (Wildman–Crippen LogP) is 1.19. The zero-order valence-electron chi connectivity index (χ0n) is 9.23. The number of aromatic nitrogens is 1. The fourth-order valence-corrected chi connectivity index (χ4v) is 2.54. The molecule has 0 atom stereocenters. The van der Waals surface area contributed by atoms with E-state index in [1.54, 1.807) is 11.3 Å². The van der Waals surface area contributed by atoms with Crippen LogP contribution in [-0.4, -0.2) is 39.0 Å². The van der Waals surface area contributed by atoms with E-state index in [0.29, 0.717) is 6.54 Å². The summed E-state index contributed by atoms with van der Waals surface area (Å²) in [5.74, 6) is 0.171. The highest BCUT2D eigenvalue weighted by molar-refractivity contribution is 7.90. The van der Waals surface area contributed by atoms with E-state index in [4.69, 9.17) is 0 Å². The standard InChI is InChI=1S/C9H16N2O2S2/c1-4-8-7-14-9(10-8)11(2)5-6-15(3,12)13/h7H,4-6H2,1-3H3. The second-order valence-corrected chi connectivity index (χ2v) is 6.62. The molecule has 0 spiro atoms. The van der Waals surface area contributed by atoms with Crippen LogP contribution in [0.3, 0.4) is 0 Å². The minimum Gasteiger partial charge on any atom is -0.350 e. The molecule has 0 radical (unpaired) electrons. The summed E-state index contributed by atoms with van der Waals surface area (Å²) in [6, 6.07) is 0. The molecule has 6 heteroatoms. The summed E-state index contributed by atoms with van der Waals surface area (Å²) in [6.45, 7) is 2.55. The maximum Gasteiger partial charge on any atom is 0.185 e. The molecule has 4 nitrogen and oxygen atoms in total. The number of hydrogen-bond acceptors (Lipinski definition) is 5. The molecule has 1 aromatic rings. The molecule has 1 aromatic heterocycles. The number of hydrogen-bond donors (Lipinski definition) is 0. The molecule has 0 fully saturated rings. The first kappa shape index (κ1) is 12.4. The lowest BCUT2D eigenvalue weighted by atomic mass is 10.4. The Morgan fingerprint density at radius 2 is 2.20 bits per heavy atom. The SMILES string of the molecule is CCc1csc(N(C)CCS(C)(=O)=O)n1. The van der Waals surface area contributed by atoms with Crippen LogP contribution < -0.4 is 4.90 Å². The van der Waals surface area contributed by atoms with Crippen LogP contribution in [0.25, 0.3) is 0 Å². The Hall–Kier alpha value is -0.620. The summed E-state index contributed by atoms with van der Waals surface area (Å²) in [6.07, 6.45) is 2.16. The summed E-state index contributed by atoms with van der Waals surface area (Å²) in [7, 11) is -1.03. The predicted molar refractivity (Wildman–Crippen MR) is 64.5 cm³/mol. The highest BCUT2D eigenvalue weighted by Gasteiger charge is 2.09. The molecular weight excluding hydrogens is 232 g/mol. The number of nitrogens with zero attached hydrogens (tertiary/aromatic N) is 2. The second-order valence-electron chi connectivity index (χ2n) is 3.53. The van der Waals surface area contributed by atoms with Crippen molar-refractivity contribution in [3.8, 4) is 0 Å². The molecule has 0 unspecified atom stereocenters. The minimum atomic E-state index is -2.89. The number of rotatable bonds is 5. The smallest absolute Gasteiger partial charge is 0.185 e. The van der Waals surface area contributed by atoms with Gasteiger partial charge in [-0.2, -0.15) is 0 Å². The van der Waals surface area contributed by atoms with Crippen LogP contribution in [0.5, 0.6) is 0 Å². The van der Waals surface area contributed by atoms with Crippen molar-refractivity contribution < 1.29 is 8.42 Å². The monoisotopic (exact) mass is 248 g/mol. The number of sulfone groups is 1. The van der Waals surface area contributed by atoms with E-state index < -0.39 is 9.84 Å². The third-order valence-electron chi connectivity index (χ3n) is 2.03. The van der Waals surface area contributed by atoms with Gasteiger partial charge in [0.1, 0.15) is 9.84 Å². The number of anilines is 1. The first-order valence-corrected chi connectivity index (χ1v) is 7.69. The van der Waals surface area contributed by atoms with Gasteiger partial charge in [-0.15, -0.1) is 11.3 Å². The van der Waals surface area contributed by atoms with Gasteiger partial charge in [0, 0.05) is 25.2 Å². The lowest BCUT2D eigenvalue weighted by Crippen LogP contribution is -2.24. The zero-order chi connectivity index (χ0) is 11.5. The Morgan fingerprint density at radius 1 is 1.53 bits per heavy atom. The molecule has 0 aromatic carbocycles. The molecule has 1 rings (SSSR count). The van der Waals surface area contributed by atoms with Crippen LogP contribution in [0.4, 0.5) is 5.13 Å². The first-order chi connectivity index (χ1) is 6.92. The third kappa shape index (κ3) is 4.17. The summed E-state index contributed by atoms with van der Waals surface area (Å²) in [5.41, 5.74) is 1.06. The summed E-state index contributed by atoms with van der Waals surface area (Å²) < 4.78 is 22.0. The van der Waals surface area contributed by atoms with E-state index >= 15 is 0 Å². The van der Waals surface area contributed by atoms with Crippen molar-refractivity contribution in [1.82, 2.24) is 4.98 Å². The van der Waals surface area contributed by atoms with Crippen LogP contribution in [0.1, 0.15) is 12.6 Å². The van der Waals surface area contributed by atoms with E-state index in [-0.39, 0.29) is 5.75 Å². The lowest BCUT2D eigenvalue weighted by Gasteiger charge is -2.14. The maximum absolute atomic E-state index is 11.0. The van der Waals surface area contributed by atoms with Gasteiger partial charge in [-0.3, -0.25) is 0 Å². The Bertz CT molecular complexity index is 412. The van der Waals surface area contributed by atoms with Gasteiger partial charge in [0.2, 0.25) is 0 Å². The van der Waals surface area contributed by atoms with Gasteiger partial charge in [-0.05, 0) is 6.42 Å². The molecule has 0 aliphatic carbocycles. The largest absolute Gasteiger partial charge is 0.350 e. The Balaban J connectivity index is 2.57. The molecule has 86 valence electrons. The first-order valence-electron chi connectivity index (χ1n) is 4.75. The summed E-state index contributed by atoms with van der Waals surface area (Å²) in [4.78, 5) is 6.26. The van der Waals surface area contributed by atoms with Crippen molar-refractivity contribution in [3.63, 3.8) is 0 Å². The Morgan fingerprint density at radius 3 is 2.67 bits per heavy atom. The van der Waals surface area contributed by atoms with Crippen LogP contribution in [-0.2, 0) is 16.3 Å². The molecule has 15 heavy (non-hydrogen) atoms. The molecule has 0 saturated carbocycles. The van der Waals surface area contributed by atoms with Gasteiger partial charge in [0.15, 0.2) is 5.13 Å². The van der Waals surface area contributed by atoms with Gasteiger partial charge >= 0.3 is 0 Å². The molecule has 0 aliphatic heterocycles. The van der Waals surface area contributed by atoms with Crippen LogP contribution in [0, 0.1) is 0 Å². The summed E-state index contributed by atoms with van der Waals surface area (Å²) in [5, 5.41) is 2.89. The van der Waals surface area contributed by atoms with E-state index in [1.165, 1.54) is 6.26 Å². The molecule has 1 heterocycles. The van der Waals surface area contributed by atoms with Gasteiger partial charge in [0.25, 0.3) is 0 Å². The quantitative estimate of drug-likeness (QED) is 0.785. The van der Waals surface area contributed by atoms with Crippen molar-refractivity contribution in [2.75, 3.05) is 30.5 Å². The Labute approximate surface area is 94.9 Å². The highest BCUT2D eigenvalue weighted by Crippen LogP contribution is 2.19. The van der Waals surface area contributed by atoms with Crippen molar-refractivity contribution in [1.29, 1.82) is 0 Å². The maximum atomic E-state index is 11.0. The highest BCUT2D eigenvalue weighted by atomic mass is 32.2.